The Kier molecular flexibility index (Phi) is 4.30. The lowest BCUT2D eigenvalue weighted by atomic mass is 10.1. The number of nitrogens with zero attached hydrogens (tertiary/aromatic N) is 3. The number of furan rings is 1. The maximum Gasteiger partial charge on any atom is 0.160 e. The lowest BCUT2D eigenvalue weighted by Gasteiger charge is -2.10. The second-order valence-corrected chi connectivity index (χ2v) is 10.2. The van der Waals surface area contributed by atoms with E-state index in [1.54, 1.807) is 0 Å². The van der Waals surface area contributed by atoms with E-state index in [0.717, 1.165) is 71.7 Å². The summed E-state index contributed by atoms with van der Waals surface area (Å²) in [6.07, 6.45) is 1.83. The Morgan fingerprint density at radius 3 is 2.20 bits per heavy atom. The fourth-order valence-electron chi connectivity index (χ4n) is 6.16. The summed E-state index contributed by atoms with van der Waals surface area (Å²) in [5, 5.41) is 6.84. The Morgan fingerprint density at radius 1 is 0.550 bits per heavy atom. The summed E-state index contributed by atoms with van der Waals surface area (Å²) in [7, 11) is 0. The zero-order valence-electron chi connectivity index (χ0n) is 21.4. The Hall–Kier alpha value is -5.48. The van der Waals surface area contributed by atoms with Crippen molar-refractivity contribution in [2.24, 2.45) is 0 Å². The van der Waals surface area contributed by atoms with Crippen LogP contribution in [0.4, 0.5) is 0 Å². The number of aromatic nitrogens is 3. The van der Waals surface area contributed by atoms with Gasteiger partial charge in [0.15, 0.2) is 5.58 Å². The molecule has 0 radical (unpaired) electrons. The van der Waals surface area contributed by atoms with Gasteiger partial charge >= 0.3 is 0 Å². The van der Waals surface area contributed by atoms with Crippen molar-refractivity contribution in [3.05, 3.63) is 128 Å². The van der Waals surface area contributed by atoms with E-state index in [1.807, 2.05) is 24.4 Å². The predicted molar refractivity (Wildman–Crippen MR) is 164 cm³/mol. The summed E-state index contributed by atoms with van der Waals surface area (Å²) in [5.74, 6) is 0. The number of pyridine rings is 2. The lowest BCUT2D eigenvalue weighted by Crippen LogP contribution is -1.94. The highest BCUT2D eigenvalue weighted by Crippen LogP contribution is 2.40. The van der Waals surface area contributed by atoms with Crippen molar-refractivity contribution in [3.63, 3.8) is 0 Å². The third-order valence-electron chi connectivity index (χ3n) is 8.03. The van der Waals surface area contributed by atoms with Gasteiger partial charge in [-0.1, -0.05) is 78.9 Å². The normalized spacial score (nSPS) is 12.0. The van der Waals surface area contributed by atoms with Crippen molar-refractivity contribution in [3.8, 4) is 16.9 Å². The lowest BCUT2D eigenvalue weighted by molar-refractivity contribution is 0.671. The zero-order valence-corrected chi connectivity index (χ0v) is 21.4. The highest BCUT2D eigenvalue weighted by atomic mass is 16.3. The van der Waals surface area contributed by atoms with Crippen LogP contribution in [-0.4, -0.2) is 14.5 Å². The molecule has 0 aliphatic heterocycles. The summed E-state index contributed by atoms with van der Waals surface area (Å²) < 4.78 is 8.81. The van der Waals surface area contributed by atoms with E-state index in [0.29, 0.717) is 0 Å². The molecule has 40 heavy (non-hydrogen) atoms. The van der Waals surface area contributed by atoms with Gasteiger partial charge < -0.3 is 8.98 Å². The van der Waals surface area contributed by atoms with Gasteiger partial charge in [-0.2, -0.15) is 0 Å². The van der Waals surface area contributed by atoms with Gasteiger partial charge in [-0.15, -0.1) is 0 Å². The zero-order chi connectivity index (χ0) is 26.2. The van der Waals surface area contributed by atoms with Gasteiger partial charge in [-0.25, -0.2) is 4.98 Å². The third kappa shape index (κ3) is 2.96. The van der Waals surface area contributed by atoms with Gasteiger partial charge in [-0.05, 0) is 42.5 Å². The van der Waals surface area contributed by atoms with Crippen LogP contribution in [0.15, 0.2) is 132 Å². The summed E-state index contributed by atoms with van der Waals surface area (Å²) in [5.41, 5.74) is 8.98. The van der Waals surface area contributed by atoms with Crippen molar-refractivity contribution in [1.82, 2.24) is 14.5 Å². The second kappa shape index (κ2) is 8.01. The second-order valence-electron chi connectivity index (χ2n) is 10.2. The standard InChI is InChI=1S/C36H21N3O/c1-3-9-31-26(7-1)28-18-19-29-27-8-2-4-10-32(27)40-36(29)35(28)39(31)25-16-13-22(14-17-25)30-20-15-24-12-11-23-6-5-21-37-33(23)34(24)38-30/h1-21H. The largest absolute Gasteiger partial charge is 0.454 e. The van der Waals surface area contributed by atoms with E-state index < -0.39 is 0 Å². The minimum Gasteiger partial charge on any atom is -0.454 e. The topological polar surface area (TPSA) is 43.9 Å². The molecule has 4 heterocycles. The van der Waals surface area contributed by atoms with Crippen molar-refractivity contribution < 1.29 is 4.42 Å². The van der Waals surface area contributed by atoms with Crippen LogP contribution >= 0.6 is 0 Å². The number of rotatable bonds is 2. The van der Waals surface area contributed by atoms with E-state index in [2.05, 4.69) is 113 Å². The Labute approximate surface area is 228 Å². The monoisotopic (exact) mass is 511 g/mol. The number of para-hydroxylation sites is 2. The molecule has 9 aromatic rings. The van der Waals surface area contributed by atoms with Crippen LogP contribution in [0.2, 0.25) is 0 Å². The predicted octanol–water partition coefficient (Wildman–Crippen LogP) is 9.45. The first kappa shape index (κ1) is 21.5. The van der Waals surface area contributed by atoms with Crippen LogP contribution in [0, 0.1) is 0 Å². The molecule has 0 bridgehead atoms. The summed E-state index contributed by atoms with van der Waals surface area (Å²) in [6.45, 7) is 0. The van der Waals surface area contributed by atoms with Crippen LogP contribution in [-0.2, 0) is 0 Å². The molecule has 0 spiro atoms. The highest BCUT2D eigenvalue weighted by molar-refractivity contribution is 6.21. The molecule has 4 nitrogen and oxygen atoms in total. The van der Waals surface area contributed by atoms with Gasteiger partial charge in [0.2, 0.25) is 0 Å². The molecule has 0 aliphatic rings. The van der Waals surface area contributed by atoms with Crippen LogP contribution in [0.3, 0.4) is 0 Å². The maximum atomic E-state index is 6.49. The SMILES string of the molecule is c1cnc2c(c1)ccc1ccc(-c3ccc(-n4c5ccccc5c5ccc6c7ccccc7oc6c54)cc3)nc12. The molecule has 0 atom stereocenters. The molecule has 9 rings (SSSR count). The van der Waals surface area contributed by atoms with E-state index in [9.17, 15) is 0 Å². The highest BCUT2D eigenvalue weighted by Gasteiger charge is 2.18. The average Bonchev–Trinajstić information content (AvgIpc) is 3.57. The van der Waals surface area contributed by atoms with Crippen molar-refractivity contribution >= 4 is 65.6 Å². The minimum atomic E-state index is 0.904. The molecule has 0 unspecified atom stereocenters. The molecule has 4 heteroatoms. The van der Waals surface area contributed by atoms with E-state index in [4.69, 9.17) is 9.40 Å². The van der Waals surface area contributed by atoms with Gasteiger partial charge in [0.25, 0.3) is 0 Å². The minimum absolute atomic E-state index is 0.904. The molecule has 186 valence electrons. The van der Waals surface area contributed by atoms with Gasteiger partial charge in [0.1, 0.15) is 5.58 Å². The molecular weight excluding hydrogens is 490 g/mol. The molecular formula is C36H21N3O. The summed E-state index contributed by atoms with van der Waals surface area (Å²) in [6, 6.07) is 42.4. The summed E-state index contributed by atoms with van der Waals surface area (Å²) >= 11 is 0. The molecule has 5 aromatic carbocycles. The molecule has 0 N–H and O–H groups in total. The number of hydrogen-bond acceptors (Lipinski definition) is 3. The fraction of sp³-hybridized carbons (Fsp3) is 0. The quantitative estimate of drug-likeness (QED) is 0.217. The first-order valence-electron chi connectivity index (χ1n) is 13.4. The van der Waals surface area contributed by atoms with Crippen LogP contribution < -0.4 is 0 Å². The smallest absolute Gasteiger partial charge is 0.160 e. The molecule has 0 saturated heterocycles. The van der Waals surface area contributed by atoms with Crippen molar-refractivity contribution in [1.29, 1.82) is 0 Å². The van der Waals surface area contributed by atoms with E-state index in [-0.39, 0.29) is 0 Å². The van der Waals surface area contributed by atoms with Gasteiger partial charge in [-0.3, -0.25) is 4.98 Å². The first-order valence-corrected chi connectivity index (χ1v) is 13.4. The first-order chi connectivity index (χ1) is 19.8. The molecule has 0 amide bonds. The maximum absolute atomic E-state index is 6.49. The number of hydrogen-bond donors (Lipinski definition) is 0. The molecule has 4 aromatic heterocycles. The summed E-state index contributed by atoms with van der Waals surface area (Å²) in [4.78, 5) is 9.66. The number of fused-ring (bicyclic) bond motifs is 10. The van der Waals surface area contributed by atoms with E-state index >= 15 is 0 Å². The van der Waals surface area contributed by atoms with E-state index in [1.165, 1.54) is 10.8 Å². The fourth-order valence-corrected chi connectivity index (χ4v) is 6.16. The molecule has 0 saturated carbocycles. The Balaban J connectivity index is 1.26. The van der Waals surface area contributed by atoms with Crippen LogP contribution in [0.1, 0.15) is 0 Å². The Bertz CT molecular complexity index is 2430. The van der Waals surface area contributed by atoms with Crippen LogP contribution in [0.5, 0.6) is 0 Å². The number of benzene rings is 5. The third-order valence-corrected chi connectivity index (χ3v) is 8.03. The van der Waals surface area contributed by atoms with Gasteiger partial charge in [0.05, 0.1) is 27.8 Å². The van der Waals surface area contributed by atoms with Crippen LogP contribution in [0.25, 0.3) is 82.5 Å². The van der Waals surface area contributed by atoms with Crippen molar-refractivity contribution in [2.75, 3.05) is 0 Å². The molecule has 0 fully saturated rings. The average molecular weight is 512 g/mol. The van der Waals surface area contributed by atoms with Crippen molar-refractivity contribution in [2.45, 2.75) is 0 Å². The van der Waals surface area contributed by atoms with Gasteiger partial charge in [0, 0.05) is 49.8 Å². The molecule has 0 aliphatic carbocycles. The Morgan fingerprint density at radius 2 is 1.30 bits per heavy atom.